The first-order valence-electron chi connectivity index (χ1n) is 12.4. The minimum absolute atomic E-state index is 0.0584. The number of carbonyl (C=O) groups excluding carboxylic acids is 4. The van der Waals surface area contributed by atoms with Gasteiger partial charge in [-0.2, -0.15) is 0 Å². The smallest absolute Gasteiger partial charge is 0.355 e. The SMILES string of the molecule is COC(=O)C1(OC(=O)c2ccccc2)CCCc2c1ccc1c(OC(C)=O)c(OC(C)=O)c3c(C)coc3c21. The van der Waals surface area contributed by atoms with Gasteiger partial charge in [-0.05, 0) is 49.1 Å². The molecule has 0 amide bonds. The lowest BCUT2D eigenvalue weighted by molar-refractivity contribution is -0.166. The molecule has 1 aliphatic rings. The maximum atomic E-state index is 13.4. The lowest BCUT2D eigenvalue weighted by Crippen LogP contribution is -2.44. The molecule has 0 radical (unpaired) electrons. The summed E-state index contributed by atoms with van der Waals surface area (Å²) in [5.41, 5.74) is 0.740. The van der Waals surface area contributed by atoms with Crippen LogP contribution < -0.4 is 9.47 Å². The van der Waals surface area contributed by atoms with Crippen molar-refractivity contribution in [1.82, 2.24) is 0 Å². The minimum Gasteiger partial charge on any atom is -0.466 e. The third kappa shape index (κ3) is 4.29. The van der Waals surface area contributed by atoms with Gasteiger partial charge in [0.1, 0.15) is 5.58 Å². The lowest BCUT2D eigenvalue weighted by Gasteiger charge is -2.36. The Bertz CT molecular complexity index is 1650. The van der Waals surface area contributed by atoms with Crippen molar-refractivity contribution in [3.8, 4) is 11.5 Å². The van der Waals surface area contributed by atoms with E-state index in [-0.39, 0.29) is 17.9 Å². The Morgan fingerprint density at radius 2 is 1.59 bits per heavy atom. The van der Waals surface area contributed by atoms with E-state index in [4.69, 9.17) is 23.4 Å². The number of fused-ring (bicyclic) bond motifs is 5. The van der Waals surface area contributed by atoms with Gasteiger partial charge in [0.2, 0.25) is 5.60 Å². The number of furan rings is 1. The van der Waals surface area contributed by atoms with Gasteiger partial charge in [0.25, 0.3) is 0 Å². The molecule has 0 saturated carbocycles. The number of esters is 4. The van der Waals surface area contributed by atoms with Crippen LogP contribution in [-0.2, 0) is 35.9 Å². The fourth-order valence-corrected chi connectivity index (χ4v) is 5.33. The molecule has 4 aromatic rings. The zero-order valence-corrected chi connectivity index (χ0v) is 21.9. The van der Waals surface area contributed by atoms with Crippen molar-refractivity contribution < 1.29 is 42.5 Å². The fraction of sp³-hybridized carbons (Fsp3) is 0.267. The van der Waals surface area contributed by atoms with E-state index in [1.165, 1.54) is 27.2 Å². The second kappa shape index (κ2) is 9.90. The molecule has 0 saturated heterocycles. The lowest BCUT2D eigenvalue weighted by atomic mass is 9.76. The van der Waals surface area contributed by atoms with Crippen molar-refractivity contribution in [3.63, 3.8) is 0 Å². The molecule has 1 aliphatic carbocycles. The number of rotatable bonds is 5. The van der Waals surface area contributed by atoms with E-state index in [9.17, 15) is 19.2 Å². The number of aryl methyl sites for hydroxylation is 2. The summed E-state index contributed by atoms with van der Waals surface area (Å²) in [4.78, 5) is 50.7. The molecule has 0 spiro atoms. The Morgan fingerprint density at radius 3 is 2.26 bits per heavy atom. The first-order chi connectivity index (χ1) is 18.7. The van der Waals surface area contributed by atoms with Gasteiger partial charge in [-0.3, -0.25) is 9.59 Å². The second-order valence-electron chi connectivity index (χ2n) is 9.41. The number of hydrogen-bond donors (Lipinski definition) is 0. The third-order valence-corrected chi connectivity index (χ3v) is 6.87. The summed E-state index contributed by atoms with van der Waals surface area (Å²) < 4.78 is 28.2. The normalized spacial score (nSPS) is 16.4. The average Bonchev–Trinajstić information content (AvgIpc) is 3.30. The summed E-state index contributed by atoms with van der Waals surface area (Å²) in [5.74, 6) is -2.46. The van der Waals surface area contributed by atoms with Gasteiger partial charge >= 0.3 is 23.9 Å². The maximum Gasteiger partial charge on any atom is 0.355 e. The van der Waals surface area contributed by atoms with Crippen LogP contribution in [0.4, 0.5) is 0 Å². The van der Waals surface area contributed by atoms with E-state index in [2.05, 4.69) is 0 Å². The molecule has 0 fully saturated rings. The van der Waals surface area contributed by atoms with Gasteiger partial charge in [0.05, 0.1) is 24.3 Å². The Labute approximate surface area is 223 Å². The molecule has 200 valence electrons. The standard InChI is InChI=1S/C30H26O9/c1-16-15-36-26-23(16)27(38-18(3)32)25(37-17(2)31)21-12-13-22-20(24(21)26)11-8-14-30(22,29(34)35-4)39-28(33)19-9-6-5-7-10-19/h5-7,9-10,12-13,15H,8,11,14H2,1-4H3. The Morgan fingerprint density at radius 1 is 0.897 bits per heavy atom. The molecular weight excluding hydrogens is 504 g/mol. The molecule has 1 atom stereocenters. The van der Waals surface area contributed by atoms with Gasteiger partial charge in [-0.1, -0.05) is 24.3 Å². The van der Waals surface area contributed by atoms with Crippen LogP contribution in [0.25, 0.3) is 21.7 Å². The van der Waals surface area contributed by atoms with Crippen LogP contribution in [-0.4, -0.2) is 31.0 Å². The maximum absolute atomic E-state index is 13.4. The predicted octanol–water partition coefficient (Wildman–Crippen LogP) is 5.31. The molecule has 39 heavy (non-hydrogen) atoms. The summed E-state index contributed by atoms with van der Waals surface area (Å²) in [7, 11) is 1.24. The van der Waals surface area contributed by atoms with Gasteiger partial charge in [-0.25, -0.2) is 9.59 Å². The first-order valence-corrected chi connectivity index (χ1v) is 12.4. The number of methoxy groups -OCH3 is 1. The molecule has 1 unspecified atom stereocenters. The molecule has 1 heterocycles. The first kappa shape index (κ1) is 26.0. The van der Waals surface area contributed by atoms with Crippen molar-refractivity contribution in [2.45, 2.75) is 45.6 Å². The number of hydrogen-bond acceptors (Lipinski definition) is 9. The van der Waals surface area contributed by atoms with Crippen molar-refractivity contribution in [3.05, 3.63) is 71.0 Å². The molecule has 0 aliphatic heterocycles. The number of ether oxygens (including phenoxy) is 4. The van der Waals surface area contributed by atoms with Gasteiger partial charge in [-0.15, -0.1) is 0 Å². The Balaban J connectivity index is 1.82. The van der Waals surface area contributed by atoms with E-state index in [0.29, 0.717) is 56.8 Å². The minimum atomic E-state index is -1.71. The highest BCUT2D eigenvalue weighted by Gasteiger charge is 2.49. The quantitative estimate of drug-likeness (QED) is 0.250. The van der Waals surface area contributed by atoms with Crippen LogP contribution in [0, 0.1) is 6.92 Å². The summed E-state index contributed by atoms with van der Waals surface area (Å²) in [6, 6.07) is 11.7. The van der Waals surface area contributed by atoms with Crippen LogP contribution in [0.1, 0.15) is 53.7 Å². The zero-order chi connectivity index (χ0) is 27.9. The summed E-state index contributed by atoms with van der Waals surface area (Å²) >= 11 is 0. The molecular formula is C30H26O9. The predicted molar refractivity (Wildman–Crippen MR) is 140 cm³/mol. The van der Waals surface area contributed by atoms with E-state index in [1.807, 2.05) is 0 Å². The molecule has 3 aromatic carbocycles. The molecule has 0 N–H and O–H groups in total. The third-order valence-electron chi connectivity index (χ3n) is 6.87. The van der Waals surface area contributed by atoms with E-state index in [1.54, 1.807) is 49.4 Å². The van der Waals surface area contributed by atoms with Crippen molar-refractivity contribution in [2.75, 3.05) is 7.11 Å². The molecule has 9 nitrogen and oxygen atoms in total. The second-order valence-corrected chi connectivity index (χ2v) is 9.41. The van der Waals surface area contributed by atoms with Crippen LogP contribution in [0.15, 0.2) is 53.1 Å². The van der Waals surface area contributed by atoms with Crippen LogP contribution >= 0.6 is 0 Å². The molecule has 1 aromatic heterocycles. The average molecular weight is 531 g/mol. The van der Waals surface area contributed by atoms with E-state index in [0.717, 1.165) is 0 Å². The van der Waals surface area contributed by atoms with E-state index < -0.39 is 29.5 Å². The summed E-state index contributed by atoms with van der Waals surface area (Å²) in [6.07, 6.45) is 2.72. The van der Waals surface area contributed by atoms with Gasteiger partial charge < -0.3 is 23.4 Å². The molecule has 9 heteroatoms. The fourth-order valence-electron chi connectivity index (χ4n) is 5.33. The van der Waals surface area contributed by atoms with Crippen LogP contribution in [0.2, 0.25) is 0 Å². The van der Waals surface area contributed by atoms with Gasteiger partial charge in [0.15, 0.2) is 11.5 Å². The number of carbonyl (C=O) groups is 4. The topological polar surface area (TPSA) is 118 Å². The molecule has 5 rings (SSSR count). The highest BCUT2D eigenvalue weighted by Crippen LogP contribution is 2.51. The monoisotopic (exact) mass is 530 g/mol. The highest BCUT2D eigenvalue weighted by atomic mass is 16.6. The summed E-state index contributed by atoms with van der Waals surface area (Å²) in [6.45, 7) is 4.28. The van der Waals surface area contributed by atoms with Crippen LogP contribution in [0.5, 0.6) is 11.5 Å². The largest absolute Gasteiger partial charge is 0.466 e. The number of benzene rings is 3. The van der Waals surface area contributed by atoms with Gasteiger partial charge in [0, 0.05) is 36.6 Å². The molecule has 0 bridgehead atoms. The highest BCUT2D eigenvalue weighted by molar-refractivity contribution is 6.15. The summed E-state index contributed by atoms with van der Waals surface area (Å²) in [5, 5.41) is 1.46. The van der Waals surface area contributed by atoms with Crippen molar-refractivity contribution in [1.29, 1.82) is 0 Å². The van der Waals surface area contributed by atoms with Crippen molar-refractivity contribution >= 4 is 45.6 Å². The van der Waals surface area contributed by atoms with E-state index >= 15 is 0 Å². The Hall–Kier alpha value is -4.66. The van der Waals surface area contributed by atoms with Crippen molar-refractivity contribution in [2.24, 2.45) is 0 Å². The Kier molecular flexibility index (Phi) is 6.59. The zero-order valence-electron chi connectivity index (χ0n) is 21.9. The van der Waals surface area contributed by atoms with Crippen LogP contribution in [0.3, 0.4) is 0 Å².